The highest BCUT2D eigenvalue weighted by Gasteiger charge is 2.07. The second kappa shape index (κ2) is 7.32. The number of benzene rings is 3. The molecule has 0 fully saturated rings. The zero-order chi connectivity index (χ0) is 15.9. The SMILES string of the molecule is C=CCc1ccc(Oc2ccccc2)cc1Oc1ccccc1. The summed E-state index contributed by atoms with van der Waals surface area (Å²) in [6.07, 6.45) is 2.61. The summed E-state index contributed by atoms with van der Waals surface area (Å²) in [5.74, 6) is 3.13. The van der Waals surface area contributed by atoms with Gasteiger partial charge in [-0.05, 0) is 42.3 Å². The number of hydrogen-bond donors (Lipinski definition) is 0. The van der Waals surface area contributed by atoms with Gasteiger partial charge in [-0.3, -0.25) is 0 Å². The van der Waals surface area contributed by atoms with Gasteiger partial charge in [-0.2, -0.15) is 0 Å². The van der Waals surface area contributed by atoms with Gasteiger partial charge >= 0.3 is 0 Å². The van der Waals surface area contributed by atoms with E-state index in [1.54, 1.807) is 0 Å². The van der Waals surface area contributed by atoms with Crippen LogP contribution in [0.5, 0.6) is 23.0 Å². The molecule has 0 radical (unpaired) electrons. The summed E-state index contributed by atoms with van der Waals surface area (Å²) in [5, 5.41) is 0. The Balaban J connectivity index is 1.88. The molecule has 0 amide bonds. The molecule has 2 nitrogen and oxygen atoms in total. The molecule has 114 valence electrons. The molecular weight excluding hydrogens is 284 g/mol. The first-order valence-electron chi connectivity index (χ1n) is 7.55. The second-order valence-electron chi connectivity index (χ2n) is 5.09. The lowest BCUT2D eigenvalue weighted by atomic mass is 10.1. The first kappa shape index (κ1) is 14.9. The fourth-order valence-electron chi connectivity index (χ4n) is 2.26. The monoisotopic (exact) mass is 302 g/mol. The molecule has 0 N–H and O–H groups in total. The van der Waals surface area contributed by atoms with Crippen molar-refractivity contribution in [2.75, 3.05) is 0 Å². The Morgan fingerprint density at radius 3 is 1.91 bits per heavy atom. The van der Waals surface area contributed by atoms with Crippen LogP contribution in [0.2, 0.25) is 0 Å². The number of ether oxygens (including phenoxy) is 2. The molecule has 3 rings (SSSR count). The molecule has 0 spiro atoms. The van der Waals surface area contributed by atoms with Crippen LogP contribution >= 0.6 is 0 Å². The third kappa shape index (κ3) is 4.01. The summed E-state index contributed by atoms with van der Waals surface area (Å²) in [7, 11) is 0. The molecule has 0 saturated heterocycles. The Morgan fingerprint density at radius 1 is 0.696 bits per heavy atom. The molecule has 0 heterocycles. The zero-order valence-electron chi connectivity index (χ0n) is 12.8. The van der Waals surface area contributed by atoms with Gasteiger partial charge in [0.2, 0.25) is 0 Å². The van der Waals surface area contributed by atoms with E-state index in [9.17, 15) is 0 Å². The lowest BCUT2D eigenvalue weighted by molar-refractivity contribution is 0.457. The van der Waals surface area contributed by atoms with Crippen LogP contribution in [0.25, 0.3) is 0 Å². The predicted molar refractivity (Wildman–Crippen MR) is 93.4 cm³/mol. The Kier molecular flexibility index (Phi) is 4.75. The van der Waals surface area contributed by atoms with E-state index in [2.05, 4.69) is 6.58 Å². The summed E-state index contributed by atoms with van der Waals surface area (Å²) < 4.78 is 11.9. The van der Waals surface area contributed by atoms with E-state index in [0.29, 0.717) is 0 Å². The van der Waals surface area contributed by atoms with E-state index in [1.807, 2.05) is 84.9 Å². The van der Waals surface area contributed by atoms with Crippen molar-refractivity contribution >= 4 is 0 Å². The highest BCUT2D eigenvalue weighted by Crippen LogP contribution is 2.32. The maximum Gasteiger partial charge on any atom is 0.134 e. The molecule has 0 aliphatic heterocycles. The molecule has 2 heteroatoms. The highest BCUT2D eigenvalue weighted by atomic mass is 16.5. The summed E-state index contributed by atoms with van der Waals surface area (Å²) in [6.45, 7) is 3.81. The van der Waals surface area contributed by atoms with Gasteiger partial charge in [0.1, 0.15) is 23.0 Å². The van der Waals surface area contributed by atoms with Gasteiger partial charge in [0.05, 0.1) is 0 Å². The fraction of sp³-hybridized carbons (Fsp3) is 0.0476. The third-order valence-electron chi connectivity index (χ3n) is 3.35. The summed E-state index contributed by atoms with van der Waals surface area (Å²) in [4.78, 5) is 0. The van der Waals surface area contributed by atoms with Crippen molar-refractivity contribution in [2.45, 2.75) is 6.42 Å². The molecule has 3 aromatic carbocycles. The quantitative estimate of drug-likeness (QED) is 0.520. The third-order valence-corrected chi connectivity index (χ3v) is 3.35. The molecule has 3 aromatic rings. The van der Waals surface area contributed by atoms with Gasteiger partial charge in [-0.1, -0.05) is 48.5 Å². The lowest BCUT2D eigenvalue weighted by Crippen LogP contribution is -1.92. The van der Waals surface area contributed by atoms with Crippen molar-refractivity contribution in [3.05, 3.63) is 97.1 Å². The minimum absolute atomic E-state index is 0.744. The molecule has 0 aliphatic carbocycles. The summed E-state index contributed by atoms with van der Waals surface area (Å²) in [6, 6.07) is 25.3. The first-order chi connectivity index (χ1) is 11.3. The smallest absolute Gasteiger partial charge is 0.134 e. The van der Waals surface area contributed by atoms with Crippen LogP contribution in [-0.2, 0) is 6.42 Å². The Hall–Kier alpha value is -3.00. The van der Waals surface area contributed by atoms with Gasteiger partial charge < -0.3 is 9.47 Å². The standard InChI is InChI=1S/C21H18O2/c1-2-9-17-14-15-20(22-18-10-5-3-6-11-18)16-21(17)23-19-12-7-4-8-13-19/h2-8,10-16H,1,9H2. The molecule has 23 heavy (non-hydrogen) atoms. The minimum atomic E-state index is 0.744. The van der Waals surface area contributed by atoms with Crippen molar-refractivity contribution in [1.29, 1.82) is 0 Å². The van der Waals surface area contributed by atoms with Gasteiger partial charge in [0.25, 0.3) is 0 Å². The van der Waals surface area contributed by atoms with E-state index in [-0.39, 0.29) is 0 Å². The molecule has 0 bridgehead atoms. The van der Waals surface area contributed by atoms with Crippen LogP contribution in [-0.4, -0.2) is 0 Å². The zero-order valence-corrected chi connectivity index (χ0v) is 12.8. The average Bonchev–Trinajstić information content (AvgIpc) is 2.59. The van der Waals surface area contributed by atoms with Crippen molar-refractivity contribution in [3.63, 3.8) is 0 Å². The Bertz CT molecular complexity index is 764. The predicted octanol–water partition coefficient (Wildman–Crippen LogP) is 6.00. The van der Waals surface area contributed by atoms with Crippen molar-refractivity contribution in [1.82, 2.24) is 0 Å². The van der Waals surface area contributed by atoms with Crippen molar-refractivity contribution < 1.29 is 9.47 Å². The first-order valence-corrected chi connectivity index (χ1v) is 7.55. The van der Waals surface area contributed by atoms with E-state index in [1.165, 1.54) is 0 Å². The van der Waals surface area contributed by atoms with Crippen LogP contribution in [0.4, 0.5) is 0 Å². The van der Waals surface area contributed by atoms with Crippen LogP contribution < -0.4 is 9.47 Å². The van der Waals surface area contributed by atoms with Gasteiger partial charge in [0.15, 0.2) is 0 Å². The van der Waals surface area contributed by atoms with E-state index in [4.69, 9.17) is 9.47 Å². The van der Waals surface area contributed by atoms with E-state index >= 15 is 0 Å². The lowest BCUT2D eigenvalue weighted by Gasteiger charge is -2.13. The fourth-order valence-corrected chi connectivity index (χ4v) is 2.26. The van der Waals surface area contributed by atoms with Gasteiger partial charge in [-0.15, -0.1) is 6.58 Å². The van der Waals surface area contributed by atoms with Crippen LogP contribution in [0, 0.1) is 0 Å². The maximum atomic E-state index is 6.01. The summed E-state index contributed by atoms with van der Waals surface area (Å²) >= 11 is 0. The molecule has 0 saturated carbocycles. The van der Waals surface area contributed by atoms with Crippen LogP contribution in [0.1, 0.15) is 5.56 Å². The minimum Gasteiger partial charge on any atom is -0.457 e. The normalized spacial score (nSPS) is 10.1. The number of allylic oxidation sites excluding steroid dienone is 1. The topological polar surface area (TPSA) is 18.5 Å². The molecule has 0 unspecified atom stereocenters. The molecule has 0 atom stereocenters. The Labute approximate surface area is 136 Å². The average molecular weight is 302 g/mol. The number of hydrogen-bond acceptors (Lipinski definition) is 2. The summed E-state index contributed by atoms with van der Waals surface area (Å²) in [5.41, 5.74) is 1.07. The highest BCUT2D eigenvalue weighted by molar-refractivity contribution is 5.45. The van der Waals surface area contributed by atoms with Gasteiger partial charge in [0, 0.05) is 6.07 Å². The second-order valence-corrected chi connectivity index (χ2v) is 5.09. The van der Waals surface area contributed by atoms with Crippen molar-refractivity contribution in [2.24, 2.45) is 0 Å². The van der Waals surface area contributed by atoms with E-state index in [0.717, 1.165) is 35.0 Å². The number of para-hydroxylation sites is 2. The van der Waals surface area contributed by atoms with Crippen molar-refractivity contribution in [3.8, 4) is 23.0 Å². The number of rotatable bonds is 6. The van der Waals surface area contributed by atoms with Gasteiger partial charge in [-0.25, -0.2) is 0 Å². The largest absolute Gasteiger partial charge is 0.457 e. The molecule has 0 aliphatic rings. The maximum absolute atomic E-state index is 6.01. The molecular formula is C21H18O2. The Morgan fingerprint density at radius 2 is 1.30 bits per heavy atom. The van der Waals surface area contributed by atoms with Crippen LogP contribution in [0.3, 0.4) is 0 Å². The van der Waals surface area contributed by atoms with E-state index < -0.39 is 0 Å². The van der Waals surface area contributed by atoms with Crippen LogP contribution in [0.15, 0.2) is 91.5 Å². The molecule has 0 aromatic heterocycles.